The summed E-state index contributed by atoms with van der Waals surface area (Å²) < 4.78 is 0. The predicted octanol–water partition coefficient (Wildman–Crippen LogP) is -3.62. The van der Waals surface area contributed by atoms with Crippen molar-refractivity contribution in [1.29, 1.82) is 0 Å². The summed E-state index contributed by atoms with van der Waals surface area (Å²) in [7, 11) is 0. The van der Waals surface area contributed by atoms with Crippen LogP contribution in [0.15, 0.2) is 12.2 Å². The monoisotopic (exact) mass is 300 g/mol. The average Bonchev–Trinajstić information content (AvgIpc) is 2.44. The number of hydrogen-bond donors (Lipinski definition) is 8. The van der Waals surface area contributed by atoms with Crippen molar-refractivity contribution >= 4 is 11.9 Å². The molecule has 0 spiro atoms. The molecule has 120 valence electrons. The van der Waals surface area contributed by atoms with E-state index in [1.54, 1.807) is 0 Å². The van der Waals surface area contributed by atoms with Gasteiger partial charge in [0.25, 0.3) is 0 Å². The van der Waals surface area contributed by atoms with Gasteiger partial charge in [0.1, 0.15) is 12.2 Å². The summed E-state index contributed by atoms with van der Waals surface area (Å²) in [6.07, 6.45) is -0.792. The zero-order valence-corrected chi connectivity index (χ0v) is 10.5. The van der Waals surface area contributed by atoms with Gasteiger partial charge in [0.05, 0.1) is 26.4 Å². The molecule has 0 fully saturated rings. The third kappa shape index (κ3) is 29.9. The highest BCUT2D eigenvalue weighted by Crippen LogP contribution is 1.72. The molecule has 10 heteroatoms. The first-order valence-electron chi connectivity index (χ1n) is 5.18. The van der Waals surface area contributed by atoms with Crippen molar-refractivity contribution in [3.8, 4) is 0 Å². The van der Waals surface area contributed by atoms with Crippen LogP contribution in [-0.4, -0.2) is 91.4 Å². The van der Waals surface area contributed by atoms with Gasteiger partial charge in [-0.3, -0.25) is 0 Å². The Labute approximate surface area is 114 Å². The molecule has 0 heterocycles. The van der Waals surface area contributed by atoms with E-state index < -0.39 is 24.1 Å². The van der Waals surface area contributed by atoms with Crippen LogP contribution in [0, 0.1) is 0 Å². The zero-order valence-electron chi connectivity index (χ0n) is 10.5. The molecule has 0 rings (SSSR count). The maximum Gasteiger partial charge on any atom is 0.328 e. The minimum atomic E-state index is -1.26. The quantitative estimate of drug-likeness (QED) is 0.227. The molecule has 0 amide bonds. The normalized spacial score (nSPS) is 9.80. The topological polar surface area (TPSA) is 196 Å². The molecule has 0 unspecified atom stereocenters. The van der Waals surface area contributed by atoms with E-state index in [0.29, 0.717) is 12.2 Å². The number of hydrogen-bond acceptors (Lipinski definition) is 8. The highest BCUT2D eigenvalue weighted by molar-refractivity contribution is 5.89. The second-order valence-corrected chi connectivity index (χ2v) is 3.05. The van der Waals surface area contributed by atoms with Gasteiger partial charge in [-0.15, -0.1) is 0 Å². The maximum absolute atomic E-state index is 9.55. The minimum Gasteiger partial charge on any atom is -0.478 e. The Bertz CT molecular complexity index is 231. The van der Waals surface area contributed by atoms with E-state index in [4.69, 9.17) is 40.9 Å². The molecule has 0 aromatic carbocycles. The van der Waals surface area contributed by atoms with E-state index in [0.717, 1.165) is 0 Å². The van der Waals surface area contributed by atoms with Crippen molar-refractivity contribution in [2.45, 2.75) is 12.2 Å². The van der Waals surface area contributed by atoms with Gasteiger partial charge in [-0.25, -0.2) is 9.59 Å². The fourth-order valence-corrected chi connectivity index (χ4v) is 0.258. The molecular weight excluding hydrogens is 280 g/mol. The Hall–Kier alpha value is -1.56. The van der Waals surface area contributed by atoms with Crippen molar-refractivity contribution in [3.63, 3.8) is 0 Å². The second-order valence-electron chi connectivity index (χ2n) is 3.05. The van der Waals surface area contributed by atoms with Gasteiger partial charge >= 0.3 is 11.9 Å². The summed E-state index contributed by atoms with van der Waals surface area (Å²) in [5, 5.41) is 63.7. The van der Waals surface area contributed by atoms with Crippen LogP contribution < -0.4 is 0 Å². The van der Waals surface area contributed by atoms with Crippen LogP contribution in [0.5, 0.6) is 0 Å². The zero-order chi connectivity index (χ0) is 16.6. The first kappa shape index (κ1) is 23.5. The number of carboxylic acids is 2. The average molecular weight is 300 g/mol. The Kier molecular flexibility index (Phi) is 20.5. The van der Waals surface area contributed by atoms with Crippen molar-refractivity contribution in [2.24, 2.45) is 0 Å². The highest BCUT2D eigenvalue weighted by atomic mass is 16.4. The summed E-state index contributed by atoms with van der Waals surface area (Å²) in [6.45, 7) is -1.46. The molecule has 0 aliphatic rings. The van der Waals surface area contributed by atoms with Crippen molar-refractivity contribution in [3.05, 3.63) is 12.2 Å². The molecule has 0 saturated carbocycles. The number of aliphatic carboxylic acids is 2. The van der Waals surface area contributed by atoms with E-state index in [2.05, 4.69) is 0 Å². The van der Waals surface area contributed by atoms with Crippen LogP contribution in [-0.2, 0) is 9.59 Å². The minimum absolute atomic E-state index is 0.365. The lowest BCUT2D eigenvalue weighted by atomic mass is 10.4. The third-order valence-electron chi connectivity index (χ3n) is 1.21. The molecule has 0 bridgehead atoms. The molecular formula is C10H20O10. The first-order valence-corrected chi connectivity index (χ1v) is 5.18. The maximum atomic E-state index is 9.55. The van der Waals surface area contributed by atoms with E-state index in [1.165, 1.54) is 0 Å². The van der Waals surface area contributed by atoms with Gasteiger partial charge in [-0.1, -0.05) is 0 Å². The van der Waals surface area contributed by atoms with Crippen LogP contribution in [0.3, 0.4) is 0 Å². The van der Waals surface area contributed by atoms with Gasteiger partial charge < -0.3 is 40.9 Å². The first-order chi connectivity index (χ1) is 9.24. The van der Waals surface area contributed by atoms with Gasteiger partial charge in [-0.2, -0.15) is 0 Å². The standard InChI is InChI=1S/C4H4O4.2C3H8O3/c5-3(6)1-2-4(7)8;2*4-1-3(6)2-5/h1-2H,(H,5,6)(H,7,8);2*3-6H,1-2H2/b2-1-;;. The van der Waals surface area contributed by atoms with Crippen LogP contribution in [0.25, 0.3) is 0 Å². The number of carboxylic acid groups (broad SMARTS) is 2. The van der Waals surface area contributed by atoms with Gasteiger partial charge in [0, 0.05) is 12.2 Å². The van der Waals surface area contributed by atoms with E-state index in [9.17, 15) is 9.59 Å². The Balaban J connectivity index is -0.000000221. The molecule has 0 aromatic heterocycles. The third-order valence-corrected chi connectivity index (χ3v) is 1.21. The van der Waals surface area contributed by atoms with Crippen molar-refractivity contribution in [2.75, 3.05) is 26.4 Å². The van der Waals surface area contributed by atoms with Crippen molar-refractivity contribution < 1.29 is 50.4 Å². The molecule has 8 N–H and O–H groups in total. The lowest BCUT2D eigenvalue weighted by Gasteiger charge is -1.96. The molecule has 0 aliphatic carbocycles. The number of aliphatic hydroxyl groups excluding tert-OH is 6. The summed E-state index contributed by atoms with van der Waals surface area (Å²) in [4.78, 5) is 19.1. The molecule has 0 aromatic rings. The summed E-state index contributed by atoms with van der Waals surface area (Å²) in [6, 6.07) is 0. The van der Waals surface area contributed by atoms with E-state index >= 15 is 0 Å². The van der Waals surface area contributed by atoms with Crippen molar-refractivity contribution in [1.82, 2.24) is 0 Å². The summed E-state index contributed by atoms with van der Waals surface area (Å²) in [5.41, 5.74) is 0. The van der Waals surface area contributed by atoms with E-state index in [-0.39, 0.29) is 26.4 Å². The van der Waals surface area contributed by atoms with Crippen LogP contribution in [0.4, 0.5) is 0 Å². The lowest BCUT2D eigenvalue weighted by molar-refractivity contribution is -0.134. The molecule has 0 atom stereocenters. The molecule has 0 radical (unpaired) electrons. The Morgan fingerprint density at radius 2 is 0.900 bits per heavy atom. The van der Waals surface area contributed by atoms with Gasteiger partial charge in [0.2, 0.25) is 0 Å². The van der Waals surface area contributed by atoms with Crippen LogP contribution >= 0.6 is 0 Å². The summed E-state index contributed by atoms with van der Waals surface area (Å²) >= 11 is 0. The molecule has 0 saturated heterocycles. The predicted molar refractivity (Wildman–Crippen MR) is 64.8 cm³/mol. The smallest absolute Gasteiger partial charge is 0.328 e. The fraction of sp³-hybridized carbons (Fsp3) is 0.600. The van der Waals surface area contributed by atoms with Crippen LogP contribution in [0.1, 0.15) is 0 Å². The molecule has 0 aliphatic heterocycles. The lowest BCUT2D eigenvalue weighted by Crippen LogP contribution is -2.15. The number of aliphatic hydroxyl groups is 6. The Morgan fingerprint density at radius 3 is 0.950 bits per heavy atom. The highest BCUT2D eigenvalue weighted by Gasteiger charge is 1.94. The SMILES string of the molecule is O=C(O)/C=C\C(=O)O.OCC(O)CO.OCC(O)CO. The Morgan fingerprint density at radius 1 is 0.700 bits per heavy atom. The number of carbonyl (C=O) groups is 2. The van der Waals surface area contributed by atoms with E-state index in [1.807, 2.05) is 0 Å². The summed E-state index contributed by atoms with van der Waals surface area (Å²) in [5.74, 6) is -2.51. The van der Waals surface area contributed by atoms with Crippen LogP contribution in [0.2, 0.25) is 0 Å². The second kappa shape index (κ2) is 17.4. The molecule has 20 heavy (non-hydrogen) atoms. The van der Waals surface area contributed by atoms with Gasteiger partial charge in [0.15, 0.2) is 0 Å². The fourth-order valence-electron chi connectivity index (χ4n) is 0.258. The van der Waals surface area contributed by atoms with Gasteiger partial charge in [-0.05, 0) is 0 Å². The molecule has 10 nitrogen and oxygen atoms in total. The largest absolute Gasteiger partial charge is 0.478 e. The number of rotatable bonds is 6.